The van der Waals surface area contributed by atoms with E-state index in [2.05, 4.69) is 22.3 Å². The van der Waals surface area contributed by atoms with E-state index in [1.165, 1.54) is 11.4 Å². The molecular weight excluding hydrogens is 131 g/mol. The van der Waals surface area contributed by atoms with Crippen LogP contribution in [0.25, 0.3) is 0 Å². The average molecular weight is 139 g/mol. The maximum atomic E-state index is 3.27. The highest BCUT2D eigenvalue weighted by Crippen LogP contribution is 2.34. The lowest BCUT2D eigenvalue weighted by Crippen LogP contribution is -1.72. The summed E-state index contributed by atoms with van der Waals surface area (Å²) in [6, 6.07) is 8.25. The van der Waals surface area contributed by atoms with Crippen LogP contribution < -0.4 is 10.2 Å². The first-order chi connectivity index (χ1) is 4.47. The Balaban J connectivity index is 2.54. The normalized spacial score (nSPS) is 13.8. The van der Waals surface area contributed by atoms with E-state index >= 15 is 0 Å². The molecule has 0 saturated heterocycles. The lowest BCUT2D eigenvalue weighted by Gasteiger charge is -1.88. The third-order valence-corrected chi connectivity index (χ3v) is 2.29. The molecule has 0 fully saturated rings. The monoisotopic (exact) mass is 139 g/mol. The van der Waals surface area contributed by atoms with Crippen molar-refractivity contribution in [2.45, 2.75) is 0 Å². The molecule has 0 bridgehead atoms. The first-order valence-corrected chi connectivity index (χ1v) is 4.06. The molecule has 0 radical (unpaired) electrons. The number of fused-ring (bicyclic) bond motifs is 1. The predicted molar refractivity (Wildman–Crippen MR) is 43.4 cm³/mol. The molecule has 1 heterocycles. The molecule has 0 amide bonds. The molecule has 1 aromatic carbocycles. The van der Waals surface area contributed by atoms with Gasteiger partial charge < -0.3 is 0 Å². The second-order valence-electron chi connectivity index (χ2n) is 1.98. The fourth-order valence-electron chi connectivity index (χ4n) is 0.926. The van der Waals surface area contributed by atoms with Gasteiger partial charge in [0.2, 0.25) is 0 Å². The van der Waals surface area contributed by atoms with Crippen molar-refractivity contribution in [3.8, 4) is 0 Å². The summed E-state index contributed by atoms with van der Waals surface area (Å²) in [7, 11) is 0.218. The van der Waals surface area contributed by atoms with Gasteiger partial charge in [-0.1, -0.05) is 12.1 Å². The Hall–Kier alpha value is -0.750. The zero-order chi connectivity index (χ0) is 6.10. The second-order valence-corrected chi connectivity index (χ2v) is 2.84. The van der Waals surface area contributed by atoms with Crippen molar-refractivity contribution >= 4 is 20.3 Å². The van der Waals surface area contributed by atoms with Gasteiger partial charge >= 0.3 is 0 Å². The smallest absolute Gasteiger partial charge is 0.164 e. The standard InChI is InChI=1S/C6H7N2P/c1-2-4-6-5(3-1)7-9-8-6/h1-4,7-9H/p+1. The molecule has 3 heteroatoms. The Labute approximate surface area is 55.6 Å². The average Bonchev–Trinajstić information content (AvgIpc) is 2.33. The lowest BCUT2D eigenvalue weighted by atomic mass is 10.3. The summed E-state index contributed by atoms with van der Waals surface area (Å²) in [6.07, 6.45) is 0. The quantitative estimate of drug-likeness (QED) is 0.535. The summed E-state index contributed by atoms with van der Waals surface area (Å²) in [4.78, 5) is 0. The highest BCUT2D eigenvalue weighted by atomic mass is 31.1. The Morgan fingerprint density at radius 1 is 1.00 bits per heavy atom. The van der Waals surface area contributed by atoms with Crippen molar-refractivity contribution in [3.63, 3.8) is 0 Å². The molecule has 0 aromatic heterocycles. The van der Waals surface area contributed by atoms with Crippen molar-refractivity contribution in [2.75, 3.05) is 10.2 Å². The number of hydrogen-bond acceptors (Lipinski definition) is 2. The van der Waals surface area contributed by atoms with E-state index in [4.69, 9.17) is 0 Å². The van der Waals surface area contributed by atoms with Gasteiger partial charge in [0.25, 0.3) is 0 Å². The van der Waals surface area contributed by atoms with Crippen LogP contribution in [0.1, 0.15) is 0 Å². The summed E-state index contributed by atoms with van der Waals surface area (Å²) in [5, 5.41) is 6.54. The van der Waals surface area contributed by atoms with Gasteiger partial charge in [-0.3, -0.25) is 0 Å². The first-order valence-electron chi connectivity index (χ1n) is 2.90. The number of anilines is 2. The lowest BCUT2D eigenvalue weighted by molar-refractivity contribution is 1.70. The molecule has 2 nitrogen and oxygen atoms in total. The molecule has 1 aromatic rings. The molecule has 0 spiro atoms. The van der Waals surface area contributed by atoms with Crippen molar-refractivity contribution in [3.05, 3.63) is 24.3 Å². The number of rotatable bonds is 0. The van der Waals surface area contributed by atoms with Crippen molar-refractivity contribution < 1.29 is 0 Å². The Morgan fingerprint density at radius 2 is 1.56 bits per heavy atom. The Kier molecular flexibility index (Phi) is 1.06. The molecule has 0 saturated carbocycles. The molecule has 2 N–H and O–H groups in total. The minimum atomic E-state index is 0.218. The van der Waals surface area contributed by atoms with E-state index in [-0.39, 0.29) is 8.88 Å². The van der Waals surface area contributed by atoms with E-state index < -0.39 is 0 Å². The maximum Gasteiger partial charge on any atom is 0.164 e. The van der Waals surface area contributed by atoms with Gasteiger partial charge in [-0.15, -0.1) is 0 Å². The molecular formula is C6H8N2P+. The van der Waals surface area contributed by atoms with E-state index in [9.17, 15) is 0 Å². The van der Waals surface area contributed by atoms with Crippen molar-refractivity contribution in [1.29, 1.82) is 0 Å². The van der Waals surface area contributed by atoms with Crippen LogP contribution in [-0.2, 0) is 0 Å². The predicted octanol–water partition coefficient (Wildman–Crippen LogP) is 1.76. The van der Waals surface area contributed by atoms with Crippen LogP contribution in [0.15, 0.2) is 24.3 Å². The van der Waals surface area contributed by atoms with Gasteiger partial charge in [0.1, 0.15) is 0 Å². The summed E-state index contributed by atoms with van der Waals surface area (Å²) in [6.45, 7) is 0. The van der Waals surface area contributed by atoms with E-state index in [1.807, 2.05) is 12.1 Å². The SMILES string of the molecule is c1ccc2c(c1)N[PH2+]N2. The van der Waals surface area contributed by atoms with E-state index in [0.29, 0.717) is 0 Å². The molecule has 0 aliphatic carbocycles. The van der Waals surface area contributed by atoms with Gasteiger partial charge in [-0.2, -0.15) is 0 Å². The van der Waals surface area contributed by atoms with Crippen LogP contribution in [0.5, 0.6) is 0 Å². The second kappa shape index (κ2) is 1.89. The number of para-hydroxylation sites is 2. The van der Waals surface area contributed by atoms with Crippen molar-refractivity contribution in [1.82, 2.24) is 0 Å². The molecule has 0 unspecified atom stereocenters. The van der Waals surface area contributed by atoms with Crippen LogP contribution in [0.3, 0.4) is 0 Å². The van der Waals surface area contributed by atoms with Crippen LogP contribution >= 0.6 is 8.88 Å². The summed E-state index contributed by atoms with van der Waals surface area (Å²) in [5.41, 5.74) is 2.49. The summed E-state index contributed by atoms with van der Waals surface area (Å²) >= 11 is 0. The maximum absolute atomic E-state index is 3.27. The van der Waals surface area contributed by atoms with E-state index in [1.54, 1.807) is 0 Å². The highest BCUT2D eigenvalue weighted by Gasteiger charge is 2.10. The van der Waals surface area contributed by atoms with Gasteiger partial charge in [0.15, 0.2) is 8.88 Å². The van der Waals surface area contributed by atoms with Crippen LogP contribution in [0, 0.1) is 0 Å². The summed E-state index contributed by atoms with van der Waals surface area (Å²) < 4.78 is 0. The van der Waals surface area contributed by atoms with E-state index in [0.717, 1.165) is 0 Å². The van der Waals surface area contributed by atoms with Gasteiger partial charge in [-0.05, 0) is 12.1 Å². The molecule has 46 valence electrons. The topological polar surface area (TPSA) is 24.1 Å². The molecule has 1 aliphatic rings. The number of benzene rings is 1. The first kappa shape index (κ1) is 5.07. The Bertz CT molecular complexity index is 201. The zero-order valence-electron chi connectivity index (χ0n) is 4.89. The summed E-state index contributed by atoms with van der Waals surface area (Å²) in [5.74, 6) is 0. The van der Waals surface area contributed by atoms with Gasteiger partial charge in [0.05, 0.1) is 11.4 Å². The molecule has 0 atom stereocenters. The molecule has 9 heavy (non-hydrogen) atoms. The number of hydrogen-bond donors (Lipinski definition) is 2. The third kappa shape index (κ3) is 0.757. The third-order valence-electron chi connectivity index (χ3n) is 1.38. The van der Waals surface area contributed by atoms with Crippen LogP contribution in [0.2, 0.25) is 0 Å². The van der Waals surface area contributed by atoms with Crippen molar-refractivity contribution in [2.24, 2.45) is 0 Å². The highest BCUT2D eigenvalue weighted by molar-refractivity contribution is 7.42. The number of nitrogens with one attached hydrogen (secondary N) is 2. The molecule has 1 aliphatic heterocycles. The molecule has 2 rings (SSSR count). The van der Waals surface area contributed by atoms with Gasteiger partial charge in [0, 0.05) is 0 Å². The van der Waals surface area contributed by atoms with Crippen LogP contribution in [0.4, 0.5) is 11.4 Å². The fourth-order valence-corrected chi connectivity index (χ4v) is 1.81. The minimum absolute atomic E-state index is 0.218. The minimum Gasteiger partial charge on any atom is -0.242 e. The van der Waals surface area contributed by atoms with Gasteiger partial charge in [-0.25, -0.2) is 10.2 Å². The Morgan fingerprint density at radius 3 is 2.11 bits per heavy atom. The fraction of sp³-hybridized carbons (Fsp3) is 0. The zero-order valence-corrected chi connectivity index (χ0v) is 6.04. The van der Waals surface area contributed by atoms with Crippen LogP contribution in [-0.4, -0.2) is 0 Å². The largest absolute Gasteiger partial charge is 0.242 e.